The summed E-state index contributed by atoms with van der Waals surface area (Å²) in [5.41, 5.74) is -0.0805. The van der Waals surface area contributed by atoms with Gasteiger partial charge in [0.05, 0.1) is 6.10 Å². The molecule has 1 amide bonds. The summed E-state index contributed by atoms with van der Waals surface area (Å²) in [5, 5.41) is 15.7. The molecule has 8 nitrogen and oxygen atoms in total. The molecule has 0 bridgehead atoms. The Bertz CT molecular complexity index is 727. The molecule has 3 saturated heterocycles. The second-order valence-corrected chi connectivity index (χ2v) is 8.43. The number of aliphatic hydroxyl groups excluding tert-OH is 1. The third-order valence-electron chi connectivity index (χ3n) is 6.42. The maximum absolute atomic E-state index is 12.7. The van der Waals surface area contributed by atoms with Gasteiger partial charge < -0.3 is 14.7 Å². The molecule has 1 atom stereocenters. The van der Waals surface area contributed by atoms with Gasteiger partial charge in [-0.05, 0) is 37.5 Å². The van der Waals surface area contributed by atoms with Crippen molar-refractivity contribution in [2.75, 3.05) is 39.4 Å². The van der Waals surface area contributed by atoms with E-state index >= 15 is 0 Å². The number of aromatic amines is 1. The number of likely N-dealkylation sites (tertiary alicyclic amines) is 2. The lowest BCUT2D eigenvalue weighted by Crippen LogP contribution is -2.57. The third-order valence-corrected chi connectivity index (χ3v) is 6.42. The van der Waals surface area contributed by atoms with Crippen LogP contribution in [0.4, 0.5) is 13.2 Å². The van der Waals surface area contributed by atoms with Gasteiger partial charge in [0.1, 0.15) is 0 Å². The average Bonchev–Trinajstić information content (AvgIpc) is 3.19. The zero-order valence-corrected chi connectivity index (χ0v) is 16.1. The molecule has 0 aliphatic carbocycles. The van der Waals surface area contributed by atoms with E-state index < -0.39 is 29.8 Å². The summed E-state index contributed by atoms with van der Waals surface area (Å²) < 4.78 is 43.5. The number of hydrogen-bond acceptors (Lipinski definition) is 6. The number of β-amino-alcohol motifs (C(OH)–C–C–N with tert-alkyl or cyclic N) is 1. The number of carbonyl (C=O) groups excluding carboxylic acids is 1. The van der Waals surface area contributed by atoms with E-state index in [1.54, 1.807) is 5.10 Å². The van der Waals surface area contributed by atoms with E-state index in [9.17, 15) is 23.1 Å². The van der Waals surface area contributed by atoms with Crippen molar-refractivity contribution in [2.45, 2.75) is 50.4 Å². The molecule has 3 aliphatic heterocycles. The summed E-state index contributed by atoms with van der Waals surface area (Å²) in [6.07, 6.45) is -1.06. The van der Waals surface area contributed by atoms with E-state index in [2.05, 4.69) is 15.0 Å². The first-order valence-electron chi connectivity index (χ1n) is 10.0. The molecule has 3 aliphatic rings. The number of carbonyl (C=O) groups is 1. The third kappa shape index (κ3) is 4.41. The molecule has 162 valence electrons. The molecule has 0 saturated carbocycles. The normalized spacial score (nSPS) is 26.8. The molecule has 3 fully saturated rings. The molecule has 1 spiro atoms. The number of halogens is 3. The largest absolute Gasteiger partial charge is 0.451 e. The van der Waals surface area contributed by atoms with E-state index in [1.807, 2.05) is 0 Å². The minimum absolute atomic E-state index is 0.0805. The van der Waals surface area contributed by atoms with E-state index in [-0.39, 0.29) is 5.41 Å². The van der Waals surface area contributed by atoms with Crippen LogP contribution in [0.2, 0.25) is 0 Å². The molecule has 4 heterocycles. The molecule has 1 aromatic heterocycles. The lowest BCUT2D eigenvalue weighted by Gasteiger charge is -2.51. The summed E-state index contributed by atoms with van der Waals surface area (Å²) in [5.74, 6) is -2.32. The predicted molar refractivity (Wildman–Crippen MR) is 95.0 cm³/mol. The number of nitrogens with one attached hydrogen (secondary N) is 1. The zero-order valence-electron chi connectivity index (χ0n) is 16.1. The highest BCUT2D eigenvalue weighted by Crippen LogP contribution is 2.41. The first-order valence-corrected chi connectivity index (χ1v) is 10.0. The van der Waals surface area contributed by atoms with Crippen LogP contribution in [0.5, 0.6) is 0 Å². The number of piperidine rings is 2. The van der Waals surface area contributed by atoms with Crippen molar-refractivity contribution in [1.82, 2.24) is 25.0 Å². The molecule has 1 aromatic rings. The van der Waals surface area contributed by atoms with E-state index in [4.69, 9.17) is 4.74 Å². The molecule has 0 aromatic carbocycles. The SMILES string of the molecule is O=C(c1n[nH]c(C(F)(F)F)n1)N1CCC2(CC1)CC(O)CN(C1CCOCC1)C2. The minimum Gasteiger partial charge on any atom is -0.392 e. The highest BCUT2D eigenvalue weighted by Gasteiger charge is 2.44. The standard InChI is InChI=1S/C18H26F3N5O3/c19-18(20,21)16-22-14(23-24-16)15(28)25-5-3-17(4-6-25)9-13(27)10-26(11-17)12-1-7-29-8-2-12/h12-13,27H,1-11H2,(H,22,23,24). The van der Waals surface area contributed by atoms with Crippen molar-refractivity contribution in [3.63, 3.8) is 0 Å². The van der Waals surface area contributed by atoms with Crippen LogP contribution in [-0.4, -0.2) is 87.5 Å². The average molecular weight is 417 g/mol. The highest BCUT2D eigenvalue weighted by atomic mass is 19.4. The molecular weight excluding hydrogens is 391 g/mol. The van der Waals surface area contributed by atoms with Gasteiger partial charge in [0, 0.05) is 45.4 Å². The second-order valence-electron chi connectivity index (χ2n) is 8.43. The Kier molecular flexibility index (Phi) is 5.56. The lowest BCUT2D eigenvalue weighted by molar-refractivity contribution is -0.144. The van der Waals surface area contributed by atoms with Crippen molar-refractivity contribution in [3.05, 3.63) is 11.6 Å². The summed E-state index contributed by atoms with van der Waals surface area (Å²) in [4.78, 5) is 19.7. The smallest absolute Gasteiger partial charge is 0.392 e. The summed E-state index contributed by atoms with van der Waals surface area (Å²) in [6, 6.07) is 0.407. The Morgan fingerprint density at radius 1 is 1.24 bits per heavy atom. The number of rotatable bonds is 2. The highest BCUT2D eigenvalue weighted by molar-refractivity contribution is 5.90. The van der Waals surface area contributed by atoms with Gasteiger partial charge in [0.2, 0.25) is 11.6 Å². The quantitative estimate of drug-likeness (QED) is 0.753. The molecule has 1 unspecified atom stereocenters. The van der Waals surface area contributed by atoms with Crippen LogP contribution in [0, 0.1) is 5.41 Å². The predicted octanol–water partition coefficient (Wildman–Crippen LogP) is 1.29. The van der Waals surface area contributed by atoms with Crippen LogP contribution in [0.25, 0.3) is 0 Å². The van der Waals surface area contributed by atoms with E-state index in [0.717, 1.165) is 32.6 Å². The van der Waals surface area contributed by atoms with Gasteiger partial charge in [-0.2, -0.15) is 18.2 Å². The Hall–Kier alpha value is -1.72. The lowest BCUT2D eigenvalue weighted by atomic mass is 9.71. The van der Waals surface area contributed by atoms with Gasteiger partial charge in [0.25, 0.3) is 5.91 Å². The van der Waals surface area contributed by atoms with Gasteiger partial charge in [-0.15, -0.1) is 5.10 Å². The summed E-state index contributed by atoms with van der Waals surface area (Å²) in [7, 11) is 0. The number of alkyl halides is 3. The zero-order chi connectivity index (χ0) is 20.6. The number of amides is 1. The number of aromatic nitrogens is 3. The number of aliphatic hydroxyl groups is 1. The maximum atomic E-state index is 12.7. The second kappa shape index (κ2) is 7.84. The van der Waals surface area contributed by atoms with Crippen molar-refractivity contribution < 1.29 is 27.8 Å². The topological polar surface area (TPSA) is 94.6 Å². The van der Waals surface area contributed by atoms with E-state index in [1.165, 1.54) is 4.90 Å². The monoisotopic (exact) mass is 417 g/mol. The van der Waals surface area contributed by atoms with Crippen LogP contribution >= 0.6 is 0 Å². The first kappa shape index (κ1) is 20.5. The maximum Gasteiger partial charge on any atom is 0.451 e. The van der Waals surface area contributed by atoms with Gasteiger partial charge in [-0.25, -0.2) is 0 Å². The van der Waals surface area contributed by atoms with Gasteiger partial charge in [-0.3, -0.25) is 14.8 Å². The molecule has 4 rings (SSSR count). The van der Waals surface area contributed by atoms with Crippen molar-refractivity contribution in [1.29, 1.82) is 0 Å². The Morgan fingerprint density at radius 3 is 2.55 bits per heavy atom. The van der Waals surface area contributed by atoms with Crippen LogP contribution < -0.4 is 0 Å². The summed E-state index contributed by atoms with van der Waals surface area (Å²) in [6.45, 7) is 3.85. The van der Waals surface area contributed by atoms with Crippen LogP contribution in [0.1, 0.15) is 48.5 Å². The Morgan fingerprint density at radius 2 is 1.93 bits per heavy atom. The Balaban J connectivity index is 1.38. The molecular formula is C18H26F3N5O3. The van der Waals surface area contributed by atoms with Crippen LogP contribution in [0.3, 0.4) is 0 Å². The molecule has 11 heteroatoms. The minimum atomic E-state index is -4.66. The van der Waals surface area contributed by atoms with Gasteiger partial charge in [0.15, 0.2) is 0 Å². The fraction of sp³-hybridized carbons (Fsp3) is 0.833. The number of nitrogens with zero attached hydrogens (tertiary/aromatic N) is 4. The van der Waals surface area contributed by atoms with Crippen molar-refractivity contribution >= 4 is 5.91 Å². The summed E-state index contributed by atoms with van der Waals surface area (Å²) >= 11 is 0. The Labute approximate surface area is 166 Å². The fourth-order valence-corrected chi connectivity index (χ4v) is 4.90. The fourth-order valence-electron chi connectivity index (χ4n) is 4.90. The number of hydrogen-bond donors (Lipinski definition) is 2. The van der Waals surface area contributed by atoms with Crippen molar-refractivity contribution in [2.24, 2.45) is 5.41 Å². The van der Waals surface area contributed by atoms with Gasteiger partial charge in [-0.1, -0.05) is 0 Å². The molecule has 29 heavy (non-hydrogen) atoms. The van der Waals surface area contributed by atoms with Crippen LogP contribution in [-0.2, 0) is 10.9 Å². The van der Waals surface area contributed by atoms with Gasteiger partial charge >= 0.3 is 6.18 Å². The van der Waals surface area contributed by atoms with E-state index in [0.29, 0.717) is 44.9 Å². The molecule has 2 N–H and O–H groups in total. The molecule has 0 radical (unpaired) electrons. The first-order chi connectivity index (χ1) is 13.8. The number of H-pyrrole nitrogens is 1. The van der Waals surface area contributed by atoms with Crippen LogP contribution in [0.15, 0.2) is 0 Å². The van der Waals surface area contributed by atoms with Crippen molar-refractivity contribution in [3.8, 4) is 0 Å². The number of ether oxygens (including phenoxy) is 1.